The summed E-state index contributed by atoms with van der Waals surface area (Å²) in [5.41, 5.74) is 5.31. The lowest BCUT2D eigenvalue weighted by molar-refractivity contribution is -0.121. The SMILES string of the molecule is CNC(=O)CC[C@H]1[C@@H](O)[C@H](n2cnc3c(=O)[nH]c(N)nc32)O[C@@H]1CO. The second-order valence-corrected chi connectivity index (χ2v) is 5.89. The zero-order valence-corrected chi connectivity index (χ0v) is 13.5. The summed E-state index contributed by atoms with van der Waals surface area (Å²) in [7, 11) is 1.53. The summed E-state index contributed by atoms with van der Waals surface area (Å²) in [5, 5.41) is 22.7. The van der Waals surface area contributed by atoms with Gasteiger partial charge in [-0.3, -0.25) is 19.1 Å². The van der Waals surface area contributed by atoms with Crippen LogP contribution >= 0.6 is 0 Å². The molecule has 25 heavy (non-hydrogen) atoms. The fourth-order valence-corrected chi connectivity index (χ4v) is 3.11. The number of aromatic amines is 1. The molecule has 4 atom stereocenters. The first-order chi connectivity index (χ1) is 12.0. The van der Waals surface area contributed by atoms with Crippen molar-refractivity contribution in [3.63, 3.8) is 0 Å². The minimum atomic E-state index is -1.01. The van der Waals surface area contributed by atoms with E-state index in [-0.39, 0.29) is 36.0 Å². The van der Waals surface area contributed by atoms with Crippen molar-refractivity contribution >= 4 is 23.0 Å². The number of anilines is 1. The Hall–Kier alpha value is -2.50. The molecule has 2 aromatic heterocycles. The Morgan fingerprint density at radius 1 is 1.56 bits per heavy atom. The number of fused-ring (bicyclic) bond motifs is 1. The second kappa shape index (κ2) is 6.78. The predicted octanol–water partition coefficient (Wildman–Crippen LogP) is -1.91. The lowest BCUT2D eigenvalue weighted by Crippen LogP contribution is -2.30. The van der Waals surface area contributed by atoms with Gasteiger partial charge in [0.1, 0.15) is 6.10 Å². The van der Waals surface area contributed by atoms with Crippen LogP contribution in [0, 0.1) is 5.92 Å². The zero-order chi connectivity index (χ0) is 18.1. The topological polar surface area (TPSA) is 168 Å². The molecule has 1 amide bonds. The molecule has 11 heteroatoms. The number of amides is 1. The smallest absolute Gasteiger partial charge is 0.280 e. The van der Waals surface area contributed by atoms with Gasteiger partial charge in [0.25, 0.3) is 5.56 Å². The Morgan fingerprint density at radius 2 is 2.32 bits per heavy atom. The van der Waals surface area contributed by atoms with E-state index >= 15 is 0 Å². The molecule has 0 aromatic carbocycles. The van der Waals surface area contributed by atoms with Gasteiger partial charge < -0.3 is 26.0 Å². The molecule has 1 aliphatic rings. The summed E-state index contributed by atoms with van der Waals surface area (Å²) in [6.45, 7) is -0.311. The number of nitrogen functional groups attached to an aromatic ring is 1. The minimum absolute atomic E-state index is 0.0689. The van der Waals surface area contributed by atoms with Crippen LogP contribution in [-0.4, -0.2) is 61.5 Å². The monoisotopic (exact) mass is 352 g/mol. The number of aliphatic hydroxyl groups excluding tert-OH is 2. The highest BCUT2D eigenvalue weighted by Crippen LogP contribution is 2.37. The number of nitrogens with two attached hydrogens (primary N) is 1. The van der Waals surface area contributed by atoms with E-state index in [1.54, 1.807) is 0 Å². The van der Waals surface area contributed by atoms with E-state index in [1.165, 1.54) is 17.9 Å². The summed E-state index contributed by atoms with van der Waals surface area (Å²) < 4.78 is 7.14. The number of nitrogens with zero attached hydrogens (tertiary/aromatic N) is 3. The maximum atomic E-state index is 11.9. The minimum Gasteiger partial charge on any atom is -0.394 e. The number of H-pyrrole nitrogens is 1. The van der Waals surface area contributed by atoms with Gasteiger partial charge >= 0.3 is 0 Å². The van der Waals surface area contributed by atoms with E-state index in [0.717, 1.165) is 0 Å². The fraction of sp³-hybridized carbons (Fsp3) is 0.571. The quantitative estimate of drug-likeness (QED) is 0.415. The van der Waals surface area contributed by atoms with Crippen LogP contribution in [0.5, 0.6) is 0 Å². The molecule has 0 radical (unpaired) electrons. The summed E-state index contributed by atoms with van der Waals surface area (Å²) >= 11 is 0. The number of hydrogen-bond acceptors (Lipinski definition) is 8. The van der Waals surface area contributed by atoms with Gasteiger partial charge in [0.05, 0.1) is 19.0 Å². The van der Waals surface area contributed by atoms with Crippen molar-refractivity contribution in [2.75, 3.05) is 19.4 Å². The molecule has 1 aliphatic heterocycles. The number of hydrogen-bond donors (Lipinski definition) is 5. The number of rotatable bonds is 5. The van der Waals surface area contributed by atoms with Crippen LogP contribution in [0.1, 0.15) is 19.1 Å². The highest BCUT2D eigenvalue weighted by molar-refractivity contribution is 5.75. The number of imidazole rings is 1. The average molecular weight is 352 g/mol. The summed E-state index contributed by atoms with van der Waals surface area (Å²) in [5.74, 6) is -0.702. The molecule has 3 heterocycles. The van der Waals surface area contributed by atoms with Crippen molar-refractivity contribution in [2.24, 2.45) is 5.92 Å². The predicted molar refractivity (Wildman–Crippen MR) is 86.4 cm³/mol. The first-order valence-corrected chi connectivity index (χ1v) is 7.83. The molecule has 2 aromatic rings. The highest BCUT2D eigenvalue weighted by atomic mass is 16.5. The maximum absolute atomic E-state index is 11.9. The Balaban J connectivity index is 1.90. The normalized spacial score (nSPS) is 26.2. The molecule has 1 fully saturated rings. The zero-order valence-electron chi connectivity index (χ0n) is 13.5. The van der Waals surface area contributed by atoms with Gasteiger partial charge in [-0.2, -0.15) is 4.98 Å². The van der Waals surface area contributed by atoms with Gasteiger partial charge in [-0.1, -0.05) is 0 Å². The van der Waals surface area contributed by atoms with Gasteiger partial charge in [0.2, 0.25) is 11.9 Å². The maximum Gasteiger partial charge on any atom is 0.280 e. The first-order valence-electron chi connectivity index (χ1n) is 7.83. The van der Waals surface area contributed by atoms with Gasteiger partial charge in [0.15, 0.2) is 17.4 Å². The molecular weight excluding hydrogens is 332 g/mol. The Morgan fingerprint density at radius 3 is 3.00 bits per heavy atom. The molecule has 0 bridgehead atoms. The summed E-state index contributed by atoms with van der Waals surface area (Å²) in [6.07, 6.45) is -0.699. The van der Waals surface area contributed by atoms with Crippen LogP contribution in [0.2, 0.25) is 0 Å². The van der Waals surface area contributed by atoms with Gasteiger partial charge in [0, 0.05) is 19.4 Å². The van der Waals surface area contributed by atoms with Crippen molar-refractivity contribution in [3.8, 4) is 0 Å². The number of nitrogens with one attached hydrogen (secondary N) is 2. The fourth-order valence-electron chi connectivity index (χ4n) is 3.11. The number of carbonyl (C=O) groups is 1. The lowest BCUT2D eigenvalue weighted by atomic mass is 9.93. The molecule has 136 valence electrons. The Kier molecular flexibility index (Phi) is 4.70. The van der Waals surface area contributed by atoms with E-state index < -0.39 is 29.9 Å². The number of carbonyl (C=O) groups excluding carboxylic acids is 1. The van der Waals surface area contributed by atoms with Crippen LogP contribution in [0.3, 0.4) is 0 Å². The molecule has 3 rings (SSSR count). The number of ether oxygens (including phenoxy) is 1. The van der Waals surface area contributed by atoms with Crippen molar-refractivity contribution in [1.82, 2.24) is 24.8 Å². The van der Waals surface area contributed by atoms with Crippen molar-refractivity contribution in [3.05, 3.63) is 16.7 Å². The third-order valence-electron chi connectivity index (χ3n) is 4.41. The number of aliphatic hydroxyl groups is 2. The molecule has 0 unspecified atom stereocenters. The van der Waals surface area contributed by atoms with Crippen LogP contribution in [0.15, 0.2) is 11.1 Å². The molecule has 0 saturated carbocycles. The summed E-state index contributed by atoms with van der Waals surface area (Å²) in [6, 6.07) is 0. The van der Waals surface area contributed by atoms with Gasteiger partial charge in [-0.25, -0.2) is 4.98 Å². The van der Waals surface area contributed by atoms with Crippen molar-refractivity contribution in [2.45, 2.75) is 31.3 Å². The molecule has 11 nitrogen and oxygen atoms in total. The van der Waals surface area contributed by atoms with E-state index in [0.29, 0.717) is 6.42 Å². The second-order valence-electron chi connectivity index (χ2n) is 5.89. The van der Waals surface area contributed by atoms with Gasteiger partial charge in [-0.05, 0) is 6.42 Å². The van der Waals surface area contributed by atoms with Gasteiger partial charge in [-0.15, -0.1) is 0 Å². The highest BCUT2D eigenvalue weighted by Gasteiger charge is 2.44. The van der Waals surface area contributed by atoms with E-state index in [9.17, 15) is 19.8 Å². The number of aromatic nitrogens is 4. The van der Waals surface area contributed by atoms with Crippen LogP contribution in [-0.2, 0) is 9.53 Å². The summed E-state index contributed by atoms with van der Waals surface area (Å²) in [4.78, 5) is 33.7. The van der Waals surface area contributed by atoms with E-state index in [4.69, 9.17) is 10.5 Å². The average Bonchev–Trinajstić information content (AvgIpc) is 3.13. The Labute approximate surface area is 141 Å². The molecule has 1 saturated heterocycles. The molecular formula is C14H20N6O5. The Bertz CT molecular complexity index is 833. The molecule has 6 N–H and O–H groups in total. The first kappa shape index (κ1) is 17.3. The van der Waals surface area contributed by atoms with Crippen molar-refractivity contribution in [1.29, 1.82) is 0 Å². The van der Waals surface area contributed by atoms with Crippen LogP contribution < -0.4 is 16.6 Å². The van der Waals surface area contributed by atoms with Crippen molar-refractivity contribution < 1.29 is 19.7 Å². The van der Waals surface area contributed by atoms with Crippen LogP contribution in [0.25, 0.3) is 11.2 Å². The largest absolute Gasteiger partial charge is 0.394 e. The van der Waals surface area contributed by atoms with E-state index in [1.807, 2.05) is 0 Å². The molecule has 0 aliphatic carbocycles. The lowest BCUT2D eigenvalue weighted by Gasteiger charge is -2.19. The molecule has 0 spiro atoms. The third-order valence-corrected chi connectivity index (χ3v) is 4.41. The standard InChI is InChI=1S/C14H20N6O5/c1-16-8(22)3-2-6-7(4-21)25-13(10(6)23)20-5-17-9-11(20)18-14(15)19-12(9)24/h5-7,10,13,21,23H,2-4H2,1H3,(H,16,22)(H3,15,18,19,24)/t6-,7-,10-,13-/m1/s1. The third kappa shape index (κ3) is 3.08. The van der Waals surface area contributed by atoms with Crippen LogP contribution in [0.4, 0.5) is 5.95 Å². The van der Waals surface area contributed by atoms with E-state index in [2.05, 4.69) is 20.3 Å².